The third-order valence-corrected chi connectivity index (χ3v) is 2.34. The smallest absolute Gasteiger partial charge is 0.412 e. The van der Waals surface area contributed by atoms with E-state index in [1.54, 1.807) is 4.90 Å². The molecule has 4 heteroatoms. The van der Waals surface area contributed by atoms with Crippen molar-refractivity contribution < 1.29 is 14.3 Å². The molecule has 0 radical (unpaired) electrons. The zero-order chi connectivity index (χ0) is 10.7. The molecule has 0 spiro atoms. The largest absolute Gasteiger partial charge is 0.417 e. The topological polar surface area (TPSA) is 38.8 Å². The van der Waals surface area contributed by atoms with E-state index in [1.807, 2.05) is 30.3 Å². The molecule has 1 heterocycles. The summed E-state index contributed by atoms with van der Waals surface area (Å²) in [5, 5.41) is 0. The second-order valence-electron chi connectivity index (χ2n) is 3.42. The molecule has 0 saturated carbocycles. The van der Waals surface area contributed by atoms with E-state index in [0.717, 1.165) is 5.56 Å². The van der Waals surface area contributed by atoms with Crippen molar-refractivity contribution in [1.29, 1.82) is 0 Å². The number of cyclic esters (lactones) is 1. The standard InChI is InChI=1S/C11H13NO3/c1-14-10-8-12(11(13)15-10)7-9-5-3-2-4-6-9/h2-6,10H,7-8H2,1H3. The van der Waals surface area contributed by atoms with Gasteiger partial charge in [-0.3, -0.25) is 4.90 Å². The van der Waals surface area contributed by atoms with Crippen LogP contribution in [0, 0.1) is 0 Å². The second-order valence-corrected chi connectivity index (χ2v) is 3.42. The number of carbonyl (C=O) groups is 1. The third-order valence-electron chi connectivity index (χ3n) is 2.34. The van der Waals surface area contributed by atoms with Crippen molar-refractivity contribution in [3.05, 3.63) is 35.9 Å². The van der Waals surface area contributed by atoms with Crippen LogP contribution in [0.1, 0.15) is 5.56 Å². The first-order chi connectivity index (χ1) is 7.29. The summed E-state index contributed by atoms with van der Waals surface area (Å²) in [6, 6.07) is 9.81. The quantitative estimate of drug-likeness (QED) is 0.755. The SMILES string of the molecule is COC1CN(Cc2ccccc2)C(=O)O1. The minimum absolute atomic E-state index is 0.314. The first-order valence-electron chi connectivity index (χ1n) is 4.82. The molecule has 1 aliphatic heterocycles. The van der Waals surface area contributed by atoms with Gasteiger partial charge in [-0.25, -0.2) is 4.79 Å². The van der Waals surface area contributed by atoms with Crippen LogP contribution in [0.3, 0.4) is 0 Å². The van der Waals surface area contributed by atoms with Crippen molar-refractivity contribution in [2.75, 3.05) is 13.7 Å². The van der Waals surface area contributed by atoms with Crippen LogP contribution in [0.4, 0.5) is 4.79 Å². The Bertz CT molecular complexity index is 339. The van der Waals surface area contributed by atoms with Gasteiger partial charge in [0.1, 0.15) is 0 Å². The third kappa shape index (κ3) is 2.27. The molecule has 80 valence electrons. The van der Waals surface area contributed by atoms with Crippen molar-refractivity contribution in [2.24, 2.45) is 0 Å². The van der Waals surface area contributed by atoms with E-state index in [4.69, 9.17) is 9.47 Å². The molecule has 2 rings (SSSR count). The molecule has 0 bridgehead atoms. The van der Waals surface area contributed by atoms with Gasteiger partial charge in [0.05, 0.1) is 6.54 Å². The van der Waals surface area contributed by atoms with Crippen LogP contribution in [-0.2, 0) is 16.0 Å². The van der Waals surface area contributed by atoms with Gasteiger partial charge in [0, 0.05) is 13.7 Å². The molecule has 0 aliphatic carbocycles. The predicted octanol–water partition coefficient (Wildman–Crippen LogP) is 1.61. The number of carbonyl (C=O) groups excluding carboxylic acids is 1. The summed E-state index contributed by atoms with van der Waals surface area (Å²) in [7, 11) is 1.53. The summed E-state index contributed by atoms with van der Waals surface area (Å²) in [6.07, 6.45) is -0.744. The summed E-state index contributed by atoms with van der Waals surface area (Å²) in [5.41, 5.74) is 1.09. The molecule has 15 heavy (non-hydrogen) atoms. The number of amides is 1. The van der Waals surface area contributed by atoms with Gasteiger partial charge in [-0.1, -0.05) is 30.3 Å². The van der Waals surface area contributed by atoms with Gasteiger partial charge in [-0.2, -0.15) is 0 Å². The zero-order valence-electron chi connectivity index (χ0n) is 8.55. The van der Waals surface area contributed by atoms with Gasteiger partial charge in [-0.15, -0.1) is 0 Å². The van der Waals surface area contributed by atoms with Gasteiger partial charge >= 0.3 is 6.09 Å². The Morgan fingerprint density at radius 1 is 1.47 bits per heavy atom. The molecule has 1 fully saturated rings. The van der Waals surface area contributed by atoms with Crippen LogP contribution in [-0.4, -0.2) is 30.9 Å². The molecule has 4 nitrogen and oxygen atoms in total. The Morgan fingerprint density at radius 2 is 2.20 bits per heavy atom. The molecular weight excluding hydrogens is 194 g/mol. The Balaban J connectivity index is 1.99. The Morgan fingerprint density at radius 3 is 2.80 bits per heavy atom. The molecule has 0 aromatic heterocycles. The monoisotopic (exact) mass is 207 g/mol. The summed E-state index contributed by atoms with van der Waals surface area (Å²) in [4.78, 5) is 13.0. The van der Waals surface area contributed by atoms with E-state index < -0.39 is 6.29 Å². The van der Waals surface area contributed by atoms with Gasteiger partial charge in [0.15, 0.2) is 0 Å². The summed E-state index contributed by atoms with van der Waals surface area (Å²) in [6.45, 7) is 1.06. The van der Waals surface area contributed by atoms with Gasteiger partial charge in [0.2, 0.25) is 6.29 Å². The fourth-order valence-corrected chi connectivity index (χ4v) is 1.53. The molecular formula is C11H13NO3. The highest BCUT2D eigenvalue weighted by atomic mass is 16.7. The van der Waals surface area contributed by atoms with E-state index >= 15 is 0 Å². The van der Waals surface area contributed by atoms with Crippen molar-refractivity contribution in [3.8, 4) is 0 Å². The average Bonchev–Trinajstić information content (AvgIpc) is 2.61. The summed E-state index contributed by atoms with van der Waals surface area (Å²) < 4.78 is 9.92. The van der Waals surface area contributed by atoms with Gasteiger partial charge < -0.3 is 9.47 Å². The minimum Gasteiger partial charge on any atom is -0.417 e. The normalized spacial score (nSPS) is 20.5. The van der Waals surface area contributed by atoms with Crippen LogP contribution < -0.4 is 0 Å². The summed E-state index contributed by atoms with van der Waals surface area (Å²) >= 11 is 0. The van der Waals surface area contributed by atoms with E-state index in [2.05, 4.69) is 0 Å². The molecule has 1 unspecified atom stereocenters. The fraction of sp³-hybridized carbons (Fsp3) is 0.364. The number of hydrogen-bond donors (Lipinski definition) is 0. The highest BCUT2D eigenvalue weighted by molar-refractivity contribution is 5.69. The number of rotatable bonds is 3. The number of nitrogens with zero attached hydrogens (tertiary/aromatic N) is 1. The second kappa shape index (κ2) is 4.31. The lowest BCUT2D eigenvalue weighted by molar-refractivity contribution is -0.0496. The highest BCUT2D eigenvalue weighted by Gasteiger charge is 2.30. The Kier molecular flexibility index (Phi) is 2.87. The van der Waals surface area contributed by atoms with E-state index in [1.165, 1.54) is 7.11 Å². The van der Waals surface area contributed by atoms with Crippen LogP contribution in [0.15, 0.2) is 30.3 Å². The van der Waals surface area contributed by atoms with Crippen LogP contribution >= 0.6 is 0 Å². The van der Waals surface area contributed by atoms with E-state index in [9.17, 15) is 4.79 Å². The molecule has 1 aliphatic rings. The molecule has 1 saturated heterocycles. The maximum Gasteiger partial charge on any atom is 0.412 e. The average molecular weight is 207 g/mol. The molecule has 1 aromatic carbocycles. The first-order valence-corrected chi connectivity index (χ1v) is 4.82. The van der Waals surface area contributed by atoms with Crippen molar-refractivity contribution in [2.45, 2.75) is 12.8 Å². The first kappa shape index (κ1) is 9.98. The molecule has 0 N–H and O–H groups in total. The van der Waals surface area contributed by atoms with Gasteiger partial charge in [-0.05, 0) is 5.56 Å². The maximum atomic E-state index is 11.4. The van der Waals surface area contributed by atoms with Crippen molar-refractivity contribution in [3.63, 3.8) is 0 Å². The fourth-order valence-electron chi connectivity index (χ4n) is 1.53. The lowest BCUT2D eigenvalue weighted by Gasteiger charge is -2.11. The molecule has 1 atom stereocenters. The highest BCUT2D eigenvalue weighted by Crippen LogP contribution is 2.14. The Labute approximate surface area is 88.4 Å². The zero-order valence-corrected chi connectivity index (χ0v) is 8.55. The molecule has 1 aromatic rings. The van der Waals surface area contributed by atoms with Gasteiger partial charge in [0.25, 0.3) is 0 Å². The summed E-state index contributed by atoms with van der Waals surface area (Å²) in [5.74, 6) is 0. The number of hydrogen-bond acceptors (Lipinski definition) is 3. The number of ether oxygens (including phenoxy) is 2. The number of methoxy groups -OCH3 is 1. The van der Waals surface area contributed by atoms with Crippen LogP contribution in [0.2, 0.25) is 0 Å². The van der Waals surface area contributed by atoms with Crippen LogP contribution in [0.5, 0.6) is 0 Å². The molecule has 1 amide bonds. The minimum atomic E-state index is -0.429. The van der Waals surface area contributed by atoms with E-state index in [-0.39, 0.29) is 6.09 Å². The lowest BCUT2D eigenvalue weighted by Crippen LogP contribution is -2.24. The van der Waals surface area contributed by atoms with Crippen molar-refractivity contribution >= 4 is 6.09 Å². The number of benzene rings is 1. The lowest BCUT2D eigenvalue weighted by atomic mass is 10.2. The maximum absolute atomic E-state index is 11.4. The Hall–Kier alpha value is -1.55. The van der Waals surface area contributed by atoms with E-state index in [0.29, 0.717) is 13.1 Å². The predicted molar refractivity (Wildman–Crippen MR) is 54.1 cm³/mol. The van der Waals surface area contributed by atoms with Crippen LogP contribution in [0.25, 0.3) is 0 Å². The van der Waals surface area contributed by atoms with Crippen molar-refractivity contribution in [1.82, 2.24) is 4.90 Å².